The normalized spacial score (nSPS) is 11.5. The van der Waals surface area contributed by atoms with Crippen molar-refractivity contribution < 1.29 is 18.0 Å². The van der Waals surface area contributed by atoms with Crippen LogP contribution in [0.15, 0.2) is 28.8 Å². The zero-order valence-electron chi connectivity index (χ0n) is 9.92. The number of benzene rings is 1. The summed E-state index contributed by atoms with van der Waals surface area (Å²) in [6.45, 7) is 1.68. The molecule has 2 rings (SSSR count). The smallest absolute Gasteiger partial charge is 0.238 e. The number of aromatic hydroxyl groups is 1. The first-order valence-corrected chi connectivity index (χ1v) is 7.30. The van der Waals surface area contributed by atoms with E-state index < -0.39 is 10.0 Å². The Morgan fingerprint density at radius 1 is 1.42 bits per heavy atom. The number of nitrogens with zero attached hydrogens (tertiary/aromatic N) is 1. The summed E-state index contributed by atoms with van der Waals surface area (Å²) >= 11 is 5.69. The minimum absolute atomic E-state index is 0.0671. The number of hydrogen-bond donors (Lipinski definition) is 2. The molecular formula is C11H11ClN2O4S. The van der Waals surface area contributed by atoms with E-state index >= 15 is 0 Å². The molecule has 0 fully saturated rings. The van der Waals surface area contributed by atoms with Crippen molar-refractivity contribution in [1.82, 2.24) is 5.16 Å². The molecule has 1 aromatic heterocycles. The Morgan fingerprint density at radius 3 is 2.74 bits per heavy atom. The van der Waals surface area contributed by atoms with Gasteiger partial charge in [0.05, 0.1) is 10.7 Å². The molecule has 0 saturated heterocycles. The van der Waals surface area contributed by atoms with Gasteiger partial charge in [-0.2, -0.15) is 0 Å². The average Bonchev–Trinajstić information content (AvgIpc) is 2.68. The van der Waals surface area contributed by atoms with Gasteiger partial charge in [-0.1, -0.05) is 16.8 Å². The number of anilines is 1. The van der Waals surface area contributed by atoms with E-state index in [2.05, 4.69) is 9.88 Å². The van der Waals surface area contributed by atoms with Crippen molar-refractivity contribution in [2.24, 2.45) is 0 Å². The van der Waals surface area contributed by atoms with E-state index in [4.69, 9.17) is 16.1 Å². The molecule has 0 aliphatic carbocycles. The van der Waals surface area contributed by atoms with Crippen LogP contribution in [-0.2, 0) is 15.8 Å². The van der Waals surface area contributed by atoms with E-state index in [0.29, 0.717) is 11.5 Å². The lowest BCUT2D eigenvalue weighted by Crippen LogP contribution is -2.15. The molecule has 0 unspecified atom stereocenters. The highest BCUT2D eigenvalue weighted by Gasteiger charge is 2.15. The second-order valence-electron chi connectivity index (χ2n) is 3.96. The zero-order valence-corrected chi connectivity index (χ0v) is 11.5. The van der Waals surface area contributed by atoms with Gasteiger partial charge in [-0.25, -0.2) is 8.42 Å². The minimum atomic E-state index is -3.62. The Kier molecular flexibility index (Phi) is 3.68. The fourth-order valence-corrected chi connectivity index (χ4v) is 2.73. The molecule has 6 nitrogen and oxygen atoms in total. The van der Waals surface area contributed by atoms with Crippen LogP contribution in [0.1, 0.15) is 11.5 Å². The number of aromatic nitrogens is 1. The molecule has 0 spiro atoms. The van der Waals surface area contributed by atoms with Gasteiger partial charge in [0.15, 0.2) is 0 Å². The SMILES string of the molecule is Cc1cc(CS(=O)(=O)Nc2ccc(O)c(Cl)c2)no1. The fourth-order valence-electron chi connectivity index (χ4n) is 1.47. The fraction of sp³-hybridized carbons (Fsp3) is 0.182. The average molecular weight is 303 g/mol. The molecule has 0 bridgehead atoms. The number of hydrogen-bond acceptors (Lipinski definition) is 5. The van der Waals surface area contributed by atoms with E-state index in [9.17, 15) is 13.5 Å². The summed E-state index contributed by atoms with van der Waals surface area (Å²) in [5.74, 6) is 0.123. The number of halogens is 1. The molecule has 1 heterocycles. The maximum absolute atomic E-state index is 11.9. The first-order chi connectivity index (χ1) is 8.85. The summed E-state index contributed by atoms with van der Waals surface area (Å²) in [7, 11) is -3.62. The van der Waals surface area contributed by atoms with E-state index in [1.165, 1.54) is 18.2 Å². The van der Waals surface area contributed by atoms with Gasteiger partial charge >= 0.3 is 0 Å². The van der Waals surface area contributed by atoms with Crippen LogP contribution in [0.3, 0.4) is 0 Å². The van der Waals surface area contributed by atoms with E-state index in [1.54, 1.807) is 13.0 Å². The van der Waals surface area contributed by atoms with Gasteiger partial charge in [0.1, 0.15) is 23.0 Å². The zero-order chi connectivity index (χ0) is 14.0. The molecule has 0 radical (unpaired) electrons. The van der Waals surface area contributed by atoms with E-state index in [1.807, 2.05) is 0 Å². The Morgan fingerprint density at radius 2 is 2.16 bits per heavy atom. The van der Waals surface area contributed by atoms with Crippen LogP contribution in [0, 0.1) is 6.92 Å². The van der Waals surface area contributed by atoms with Gasteiger partial charge in [-0.05, 0) is 25.1 Å². The van der Waals surface area contributed by atoms with Gasteiger partial charge in [-0.3, -0.25) is 4.72 Å². The second kappa shape index (κ2) is 5.10. The first kappa shape index (κ1) is 13.7. The lowest BCUT2D eigenvalue weighted by molar-refractivity contribution is 0.392. The molecule has 0 amide bonds. The van der Waals surface area contributed by atoms with E-state index in [0.717, 1.165) is 0 Å². The van der Waals surface area contributed by atoms with Gasteiger partial charge < -0.3 is 9.63 Å². The molecular weight excluding hydrogens is 292 g/mol. The predicted octanol–water partition coefficient (Wildman–Crippen LogP) is 2.28. The second-order valence-corrected chi connectivity index (χ2v) is 6.09. The standard InChI is InChI=1S/C11H11ClN2O4S/c1-7-4-9(13-18-7)6-19(16,17)14-8-2-3-11(15)10(12)5-8/h2-5,14-15H,6H2,1H3. The largest absolute Gasteiger partial charge is 0.506 e. The van der Waals surface area contributed by atoms with Crippen molar-refractivity contribution in [3.8, 4) is 5.75 Å². The Balaban J connectivity index is 2.14. The number of phenols is 1. The molecule has 1 aromatic carbocycles. The molecule has 0 saturated carbocycles. The van der Waals surface area contributed by atoms with Crippen LogP contribution < -0.4 is 4.72 Å². The number of rotatable bonds is 4. The van der Waals surface area contributed by atoms with E-state index in [-0.39, 0.29) is 22.2 Å². The molecule has 8 heteroatoms. The number of nitrogens with one attached hydrogen (secondary N) is 1. The Labute approximate surface area is 115 Å². The molecule has 102 valence electrons. The Bertz CT molecular complexity index is 696. The van der Waals surface area contributed by atoms with Crippen molar-refractivity contribution in [2.45, 2.75) is 12.7 Å². The third kappa shape index (κ3) is 3.62. The number of sulfonamides is 1. The van der Waals surface area contributed by atoms with Crippen LogP contribution in [0.25, 0.3) is 0 Å². The molecule has 0 aliphatic rings. The third-order valence-corrected chi connectivity index (χ3v) is 3.76. The monoisotopic (exact) mass is 302 g/mol. The number of aryl methyl sites for hydroxylation is 1. The van der Waals surface area contributed by atoms with Crippen LogP contribution in [0.4, 0.5) is 5.69 Å². The first-order valence-electron chi connectivity index (χ1n) is 5.27. The predicted molar refractivity (Wildman–Crippen MR) is 70.6 cm³/mol. The highest BCUT2D eigenvalue weighted by molar-refractivity contribution is 7.91. The summed E-state index contributed by atoms with van der Waals surface area (Å²) in [6, 6.07) is 5.58. The molecule has 2 aromatic rings. The van der Waals surface area contributed by atoms with Crippen molar-refractivity contribution in [3.63, 3.8) is 0 Å². The summed E-state index contributed by atoms with van der Waals surface area (Å²) in [6.07, 6.45) is 0. The number of phenolic OH excluding ortho intramolecular Hbond substituents is 1. The quantitative estimate of drug-likeness (QED) is 0.845. The lowest BCUT2D eigenvalue weighted by atomic mass is 10.3. The highest BCUT2D eigenvalue weighted by Crippen LogP contribution is 2.26. The summed E-state index contributed by atoms with van der Waals surface area (Å²) in [5.41, 5.74) is 0.581. The minimum Gasteiger partial charge on any atom is -0.506 e. The van der Waals surface area contributed by atoms with Gasteiger partial charge in [0.25, 0.3) is 0 Å². The molecule has 2 N–H and O–H groups in total. The van der Waals surface area contributed by atoms with Crippen LogP contribution >= 0.6 is 11.6 Å². The van der Waals surface area contributed by atoms with Crippen molar-refractivity contribution >= 4 is 27.3 Å². The van der Waals surface area contributed by atoms with Crippen molar-refractivity contribution in [3.05, 3.63) is 40.7 Å². The summed E-state index contributed by atoms with van der Waals surface area (Å²) in [4.78, 5) is 0. The van der Waals surface area contributed by atoms with Crippen LogP contribution in [-0.4, -0.2) is 18.7 Å². The van der Waals surface area contributed by atoms with Gasteiger partial charge in [-0.15, -0.1) is 0 Å². The van der Waals surface area contributed by atoms with Crippen molar-refractivity contribution in [2.75, 3.05) is 4.72 Å². The molecule has 0 atom stereocenters. The topological polar surface area (TPSA) is 92.4 Å². The van der Waals surface area contributed by atoms with Crippen LogP contribution in [0.2, 0.25) is 5.02 Å². The maximum Gasteiger partial charge on any atom is 0.238 e. The molecule has 0 aliphatic heterocycles. The Hall–Kier alpha value is -1.73. The van der Waals surface area contributed by atoms with Crippen LogP contribution in [0.5, 0.6) is 5.75 Å². The summed E-state index contributed by atoms with van der Waals surface area (Å²) in [5, 5.41) is 12.9. The molecule has 19 heavy (non-hydrogen) atoms. The maximum atomic E-state index is 11.9. The summed E-state index contributed by atoms with van der Waals surface area (Å²) < 4.78 is 30.9. The van der Waals surface area contributed by atoms with Gasteiger partial charge in [0, 0.05) is 6.07 Å². The van der Waals surface area contributed by atoms with Gasteiger partial charge in [0.2, 0.25) is 10.0 Å². The third-order valence-electron chi connectivity index (χ3n) is 2.24. The van der Waals surface area contributed by atoms with Crippen molar-refractivity contribution in [1.29, 1.82) is 0 Å². The lowest BCUT2D eigenvalue weighted by Gasteiger charge is -2.07. The highest BCUT2D eigenvalue weighted by atomic mass is 35.5.